The molecule has 3 heteroatoms. The molecule has 0 aromatic heterocycles. The van der Waals surface area contributed by atoms with E-state index < -0.39 is 0 Å². The van der Waals surface area contributed by atoms with E-state index in [4.69, 9.17) is 0 Å². The van der Waals surface area contributed by atoms with Crippen LogP contribution in [0.15, 0.2) is 0 Å². The van der Waals surface area contributed by atoms with Crippen LogP contribution in [0, 0.1) is 0 Å². The zero-order valence-corrected chi connectivity index (χ0v) is 8.31. The summed E-state index contributed by atoms with van der Waals surface area (Å²) in [5, 5.41) is 2.93. The van der Waals surface area contributed by atoms with Gasteiger partial charge in [-0.2, -0.15) is 0 Å². The number of rotatable bonds is 2. The summed E-state index contributed by atoms with van der Waals surface area (Å²) in [6, 6.07) is 0.160. The molecule has 0 bridgehead atoms. The van der Waals surface area contributed by atoms with Gasteiger partial charge in [-0.15, -0.1) is 0 Å². The molecule has 0 radical (unpaired) electrons. The average molecular weight is 182 g/mol. The van der Waals surface area contributed by atoms with E-state index in [2.05, 4.69) is 17.1 Å². The van der Waals surface area contributed by atoms with Crippen molar-refractivity contribution in [2.75, 3.05) is 13.1 Å². The van der Waals surface area contributed by atoms with Gasteiger partial charge in [-0.05, 0) is 32.1 Å². The Kier molecular flexibility index (Phi) is 2.18. The van der Waals surface area contributed by atoms with E-state index in [-0.39, 0.29) is 11.6 Å². The van der Waals surface area contributed by atoms with Crippen LogP contribution in [-0.4, -0.2) is 29.6 Å². The van der Waals surface area contributed by atoms with Crippen LogP contribution in [0.1, 0.15) is 39.0 Å². The number of hydrogen-bond acceptors (Lipinski definition) is 1. The summed E-state index contributed by atoms with van der Waals surface area (Å²) >= 11 is 0. The molecule has 1 heterocycles. The number of urea groups is 1. The minimum absolute atomic E-state index is 0.160. The lowest BCUT2D eigenvalue weighted by Crippen LogP contribution is -2.63. The molecule has 74 valence electrons. The van der Waals surface area contributed by atoms with Gasteiger partial charge in [0.05, 0.1) is 0 Å². The third kappa shape index (κ3) is 1.30. The van der Waals surface area contributed by atoms with Gasteiger partial charge in [0.25, 0.3) is 0 Å². The average Bonchev–Trinajstić information content (AvgIpc) is 2.06. The summed E-state index contributed by atoms with van der Waals surface area (Å²) in [4.78, 5) is 13.7. The van der Waals surface area contributed by atoms with E-state index in [9.17, 15) is 4.79 Å². The molecule has 1 saturated heterocycles. The summed E-state index contributed by atoms with van der Waals surface area (Å²) in [5.41, 5.74) is 0.262. The topological polar surface area (TPSA) is 32.3 Å². The zero-order valence-electron chi connectivity index (χ0n) is 8.31. The molecule has 0 unspecified atom stereocenters. The van der Waals surface area contributed by atoms with Crippen LogP contribution < -0.4 is 5.32 Å². The Balaban J connectivity index is 2.09. The second-order valence-corrected chi connectivity index (χ2v) is 4.21. The summed E-state index contributed by atoms with van der Waals surface area (Å²) in [6.07, 6.45) is 5.96. The van der Waals surface area contributed by atoms with Crippen molar-refractivity contribution in [3.05, 3.63) is 0 Å². The molecule has 2 fully saturated rings. The van der Waals surface area contributed by atoms with Crippen LogP contribution in [0.5, 0.6) is 0 Å². The molecule has 3 nitrogen and oxygen atoms in total. The van der Waals surface area contributed by atoms with Crippen LogP contribution >= 0.6 is 0 Å². The molecule has 1 aliphatic heterocycles. The number of nitrogens with one attached hydrogen (secondary N) is 1. The fourth-order valence-corrected chi connectivity index (χ4v) is 2.52. The predicted molar refractivity (Wildman–Crippen MR) is 51.6 cm³/mol. The standard InChI is InChI=1S/C10H18N2O/c1-2-8-12-9(13)11-7-6-10(12)4-3-5-10/h2-8H2,1H3,(H,11,13). The summed E-state index contributed by atoms with van der Waals surface area (Å²) in [7, 11) is 0. The first kappa shape index (κ1) is 8.85. The molecule has 2 aliphatic rings. The lowest BCUT2D eigenvalue weighted by atomic mass is 9.72. The van der Waals surface area contributed by atoms with E-state index in [1.807, 2.05) is 0 Å². The number of nitrogens with zero attached hydrogens (tertiary/aromatic N) is 1. The highest BCUT2D eigenvalue weighted by Crippen LogP contribution is 2.41. The Labute approximate surface area is 79.5 Å². The van der Waals surface area contributed by atoms with Crippen molar-refractivity contribution in [1.82, 2.24) is 10.2 Å². The van der Waals surface area contributed by atoms with E-state index in [1.165, 1.54) is 19.3 Å². The molecule has 1 N–H and O–H groups in total. The number of carbonyl (C=O) groups excluding carboxylic acids is 1. The normalized spacial score (nSPS) is 25.6. The Morgan fingerprint density at radius 1 is 1.46 bits per heavy atom. The van der Waals surface area contributed by atoms with E-state index >= 15 is 0 Å². The van der Waals surface area contributed by atoms with E-state index in [0.717, 1.165) is 25.9 Å². The molecule has 0 atom stereocenters. The molecular weight excluding hydrogens is 164 g/mol. The SMILES string of the molecule is CCCN1C(=O)NCCC12CCC2. The van der Waals surface area contributed by atoms with Crippen molar-refractivity contribution < 1.29 is 4.79 Å². The van der Waals surface area contributed by atoms with Crippen LogP contribution in [0.3, 0.4) is 0 Å². The van der Waals surface area contributed by atoms with Crippen LogP contribution in [0.25, 0.3) is 0 Å². The van der Waals surface area contributed by atoms with Crippen molar-refractivity contribution in [2.45, 2.75) is 44.6 Å². The fraction of sp³-hybridized carbons (Fsp3) is 0.900. The smallest absolute Gasteiger partial charge is 0.317 e. The summed E-state index contributed by atoms with van der Waals surface area (Å²) in [6.45, 7) is 3.93. The summed E-state index contributed by atoms with van der Waals surface area (Å²) in [5.74, 6) is 0. The van der Waals surface area contributed by atoms with Gasteiger partial charge in [0.1, 0.15) is 0 Å². The minimum Gasteiger partial charge on any atom is -0.338 e. The molecule has 2 amide bonds. The monoisotopic (exact) mass is 182 g/mol. The lowest BCUT2D eigenvalue weighted by molar-refractivity contribution is 0.0233. The molecule has 2 rings (SSSR count). The summed E-state index contributed by atoms with van der Waals surface area (Å²) < 4.78 is 0. The highest BCUT2D eigenvalue weighted by atomic mass is 16.2. The quantitative estimate of drug-likeness (QED) is 0.693. The predicted octanol–water partition coefficient (Wildman–Crippen LogP) is 1.73. The van der Waals surface area contributed by atoms with Gasteiger partial charge in [-0.1, -0.05) is 6.92 Å². The first-order valence-corrected chi connectivity index (χ1v) is 5.34. The number of hydrogen-bond donors (Lipinski definition) is 1. The second-order valence-electron chi connectivity index (χ2n) is 4.21. The van der Waals surface area contributed by atoms with Gasteiger partial charge in [0.15, 0.2) is 0 Å². The Bertz CT molecular complexity index is 211. The first-order valence-electron chi connectivity index (χ1n) is 5.34. The van der Waals surface area contributed by atoms with Crippen molar-refractivity contribution in [1.29, 1.82) is 0 Å². The van der Waals surface area contributed by atoms with Crippen molar-refractivity contribution in [2.24, 2.45) is 0 Å². The number of amides is 2. The number of carbonyl (C=O) groups is 1. The molecule has 1 saturated carbocycles. The maximum absolute atomic E-state index is 11.6. The van der Waals surface area contributed by atoms with Gasteiger partial charge < -0.3 is 10.2 Å². The third-order valence-corrected chi connectivity index (χ3v) is 3.42. The van der Waals surface area contributed by atoms with Crippen LogP contribution in [0.4, 0.5) is 4.79 Å². The third-order valence-electron chi connectivity index (χ3n) is 3.42. The van der Waals surface area contributed by atoms with Gasteiger partial charge in [0.2, 0.25) is 0 Å². The molecule has 0 aromatic rings. The van der Waals surface area contributed by atoms with E-state index in [0.29, 0.717) is 0 Å². The minimum atomic E-state index is 0.160. The maximum Gasteiger partial charge on any atom is 0.317 e. The van der Waals surface area contributed by atoms with Gasteiger partial charge in [-0.25, -0.2) is 4.79 Å². The molecule has 13 heavy (non-hydrogen) atoms. The molecular formula is C10H18N2O. The van der Waals surface area contributed by atoms with Crippen LogP contribution in [0.2, 0.25) is 0 Å². The molecule has 0 aromatic carbocycles. The van der Waals surface area contributed by atoms with Crippen LogP contribution in [-0.2, 0) is 0 Å². The molecule has 1 aliphatic carbocycles. The van der Waals surface area contributed by atoms with Crippen molar-refractivity contribution in [3.8, 4) is 0 Å². The highest BCUT2D eigenvalue weighted by molar-refractivity contribution is 5.76. The lowest BCUT2D eigenvalue weighted by Gasteiger charge is -2.53. The second kappa shape index (κ2) is 3.20. The fourth-order valence-electron chi connectivity index (χ4n) is 2.52. The van der Waals surface area contributed by atoms with E-state index in [1.54, 1.807) is 0 Å². The largest absolute Gasteiger partial charge is 0.338 e. The Morgan fingerprint density at radius 2 is 2.23 bits per heavy atom. The zero-order chi connectivity index (χ0) is 9.31. The van der Waals surface area contributed by atoms with Gasteiger partial charge >= 0.3 is 6.03 Å². The highest BCUT2D eigenvalue weighted by Gasteiger charge is 2.46. The van der Waals surface area contributed by atoms with Crippen molar-refractivity contribution in [3.63, 3.8) is 0 Å². The van der Waals surface area contributed by atoms with Crippen molar-refractivity contribution >= 4 is 6.03 Å². The molecule has 1 spiro atoms. The Morgan fingerprint density at radius 3 is 2.77 bits per heavy atom. The van der Waals surface area contributed by atoms with Gasteiger partial charge in [0, 0.05) is 18.6 Å². The maximum atomic E-state index is 11.6. The van der Waals surface area contributed by atoms with Gasteiger partial charge in [-0.3, -0.25) is 0 Å². The first-order chi connectivity index (χ1) is 6.28. The Hall–Kier alpha value is -0.730.